The third-order valence-corrected chi connectivity index (χ3v) is 4.28. The highest BCUT2D eigenvalue weighted by molar-refractivity contribution is 6.37. The lowest BCUT2D eigenvalue weighted by molar-refractivity contribution is 0.0841. The Bertz CT molecular complexity index is 968. The molecule has 0 spiro atoms. The van der Waals surface area contributed by atoms with Gasteiger partial charge in [-0.15, -0.1) is 5.10 Å². The highest BCUT2D eigenvalue weighted by Crippen LogP contribution is 2.28. The largest absolute Gasteiger partial charge is 0.309 e. The molecule has 2 aromatic carbocycles. The molecule has 0 aliphatic carbocycles. The normalized spacial score (nSPS) is 10.5. The molecule has 1 heterocycles. The van der Waals surface area contributed by atoms with Crippen LogP contribution in [0.1, 0.15) is 33.7 Å². The molecule has 2 N–H and O–H groups in total. The minimum atomic E-state index is -0.657. The summed E-state index contributed by atoms with van der Waals surface area (Å²) in [6, 6.07) is 13.5. The third-order valence-electron chi connectivity index (χ3n) is 3.67. The molecule has 0 atom stereocenters. The van der Waals surface area contributed by atoms with Crippen molar-refractivity contribution < 1.29 is 9.59 Å². The van der Waals surface area contributed by atoms with Gasteiger partial charge in [0.1, 0.15) is 11.5 Å². The number of carbonyl (C=O) groups excluding carboxylic acids is 2. The summed E-state index contributed by atoms with van der Waals surface area (Å²) < 4.78 is 1.43. The summed E-state index contributed by atoms with van der Waals surface area (Å²) in [5, 5.41) is 4.96. The van der Waals surface area contributed by atoms with Crippen LogP contribution in [-0.4, -0.2) is 26.6 Å². The first-order valence-corrected chi connectivity index (χ1v) is 8.83. The molecule has 0 radical (unpaired) electrons. The molecule has 9 heteroatoms. The van der Waals surface area contributed by atoms with Gasteiger partial charge in [0.05, 0.1) is 10.0 Å². The molecule has 3 aromatic rings. The van der Waals surface area contributed by atoms with Crippen LogP contribution in [0.4, 0.5) is 0 Å². The first kappa shape index (κ1) is 18.9. The van der Waals surface area contributed by atoms with Crippen LogP contribution in [0.25, 0.3) is 5.69 Å². The summed E-state index contributed by atoms with van der Waals surface area (Å²) in [6.07, 6.45) is 0.498. The predicted molar refractivity (Wildman–Crippen MR) is 102 cm³/mol. The fourth-order valence-electron chi connectivity index (χ4n) is 2.37. The Morgan fingerprint density at radius 2 is 1.59 bits per heavy atom. The number of amides is 2. The van der Waals surface area contributed by atoms with E-state index in [1.807, 2.05) is 6.92 Å². The van der Waals surface area contributed by atoms with Gasteiger partial charge in [-0.05, 0) is 24.3 Å². The third kappa shape index (κ3) is 4.10. The van der Waals surface area contributed by atoms with E-state index in [0.29, 0.717) is 33.5 Å². The zero-order chi connectivity index (χ0) is 19.4. The van der Waals surface area contributed by atoms with Crippen molar-refractivity contribution >= 4 is 35.0 Å². The number of para-hydroxylation sites is 1. The van der Waals surface area contributed by atoms with Crippen LogP contribution >= 0.6 is 23.2 Å². The van der Waals surface area contributed by atoms with Crippen molar-refractivity contribution in [1.29, 1.82) is 0 Å². The van der Waals surface area contributed by atoms with E-state index in [0.717, 1.165) is 0 Å². The lowest BCUT2D eigenvalue weighted by Gasteiger charge is -2.08. The summed E-state index contributed by atoms with van der Waals surface area (Å²) in [4.78, 5) is 28.6. The van der Waals surface area contributed by atoms with E-state index in [9.17, 15) is 9.59 Å². The molecule has 0 bridgehead atoms. The van der Waals surface area contributed by atoms with E-state index < -0.39 is 11.8 Å². The van der Waals surface area contributed by atoms with Crippen LogP contribution in [0.2, 0.25) is 10.0 Å². The number of aromatic nitrogens is 3. The van der Waals surface area contributed by atoms with Gasteiger partial charge in [-0.3, -0.25) is 20.4 Å². The van der Waals surface area contributed by atoms with Crippen molar-refractivity contribution in [2.24, 2.45) is 0 Å². The molecule has 27 heavy (non-hydrogen) atoms. The molecule has 0 saturated heterocycles. The van der Waals surface area contributed by atoms with Crippen molar-refractivity contribution in [3.63, 3.8) is 0 Å². The van der Waals surface area contributed by atoms with Crippen LogP contribution in [-0.2, 0) is 6.42 Å². The minimum absolute atomic E-state index is 0.115. The lowest BCUT2D eigenvalue weighted by atomic mass is 10.2. The summed E-state index contributed by atoms with van der Waals surface area (Å²) in [7, 11) is 0. The van der Waals surface area contributed by atoms with E-state index in [1.165, 1.54) is 4.68 Å². The maximum absolute atomic E-state index is 12.3. The average molecular weight is 404 g/mol. The maximum Gasteiger partial charge on any atom is 0.309 e. The average Bonchev–Trinajstić information content (AvgIpc) is 3.10. The molecular formula is C18H15Cl2N5O2. The molecular weight excluding hydrogens is 389 g/mol. The van der Waals surface area contributed by atoms with E-state index >= 15 is 0 Å². The van der Waals surface area contributed by atoms with Crippen molar-refractivity contribution in [1.82, 2.24) is 25.6 Å². The van der Waals surface area contributed by atoms with Gasteiger partial charge in [-0.2, -0.15) is 0 Å². The molecule has 0 unspecified atom stereocenters. The number of hydrazine groups is 1. The zero-order valence-electron chi connectivity index (χ0n) is 14.2. The van der Waals surface area contributed by atoms with Crippen LogP contribution in [0.15, 0.2) is 48.5 Å². The van der Waals surface area contributed by atoms with E-state index in [1.54, 1.807) is 48.5 Å². The number of aryl methyl sites for hydroxylation is 1. The van der Waals surface area contributed by atoms with Crippen LogP contribution in [0, 0.1) is 0 Å². The Hall–Kier alpha value is -2.90. The predicted octanol–water partition coefficient (Wildman–Crippen LogP) is 3.21. The number of carbonyl (C=O) groups is 2. The monoisotopic (exact) mass is 403 g/mol. The van der Waals surface area contributed by atoms with E-state index in [4.69, 9.17) is 23.2 Å². The highest BCUT2D eigenvalue weighted by atomic mass is 35.5. The molecule has 2 amide bonds. The quantitative estimate of drug-likeness (QED) is 0.654. The van der Waals surface area contributed by atoms with Crippen molar-refractivity contribution in [3.05, 3.63) is 75.8 Å². The second kappa shape index (κ2) is 8.20. The Balaban J connectivity index is 1.80. The van der Waals surface area contributed by atoms with E-state index in [-0.39, 0.29) is 5.82 Å². The fourth-order valence-corrected chi connectivity index (χ4v) is 2.93. The Labute approximate surface area is 165 Å². The molecule has 0 aliphatic rings. The maximum atomic E-state index is 12.3. The minimum Gasteiger partial charge on any atom is -0.267 e. The number of nitrogens with one attached hydrogen (secondary N) is 2. The van der Waals surface area contributed by atoms with Gasteiger partial charge in [0.15, 0.2) is 0 Å². The number of benzene rings is 2. The molecule has 7 nitrogen and oxygen atoms in total. The number of nitrogens with zero attached hydrogens (tertiary/aromatic N) is 3. The van der Waals surface area contributed by atoms with Gasteiger partial charge in [-0.25, -0.2) is 9.67 Å². The van der Waals surface area contributed by atoms with Gasteiger partial charge >= 0.3 is 5.91 Å². The molecule has 3 rings (SSSR count). The fraction of sp³-hybridized carbons (Fsp3) is 0.111. The van der Waals surface area contributed by atoms with Crippen molar-refractivity contribution in [3.8, 4) is 5.69 Å². The Morgan fingerprint density at radius 3 is 2.22 bits per heavy atom. The smallest absolute Gasteiger partial charge is 0.267 e. The summed E-state index contributed by atoms with van der Waals surface area (Å²) >= 11 is 12.4. The topological polar surface area (TPSA) is 88.9 Å². The molecule has 1 aromatic heterocycles. The number of hydrogen-bond acceptors (Lipinski definition) is 4. The Morgan fingerprint density at radius 1 is 0.963 bits per heavy atom. The first-order valence-electron chi connectivity index (χ1n) is 8.07. The van der Waals surface area contributed by atoms with Crippen molar-refractivity contribution in [2.45, 2.75) is 13.3 Å². The number of rotatable bonds is 4. The number of halogens is 2. The Kier molecular flexibility index (Phi) is 5.73. The first-order chi connectivity index (χ1) is 13.0. The van der Waals surface area contributed by atoms with Crippen molar-refractivity contribution in [2.75, 3.05) is 0 Å². The van der Waals surface area contributed by atoms with Gasteiger partial charge in [0.2, 0.25) is 5.82 Å². The molecule has 0 aliphatic heterocycles. The van der Waals surface area contributed by atoms with Crippen LogP contribution in [0.5, 0.6) is 0 Å². The molecule has 0 fully saturated rings. The standard InChI is InChI=1S/C18H15Cl2N5O2/c1-2-14-21-16(24-25(14)15-12(19)9-6-10-13(15)20)18(27)23-22-17(26)11-7-4-3-5-8-11/h3-10H,2H2,1H3,(H,22,26)(H,23,27). The lowest BCUT2D eigenvalue weighted by Crippen LogP contribution is -2.42. The van der Waals surface area contributed by atoms with Crippen LogP contribution in [0.3, 0.4) is 0 Å². The van der Waals surface area contributed by atoms with Gasteiger partial charge < -0.3 is 0 Å². The molecule has 0 saturated carbocycles. The van der Waals surface area contributed by atoms with E-state index in [2.05, 4.69) is 20.9 Å². The second-order valence-corrected chi connectivity index (χ2v) is 6.28. The highest BCUT2D eigenvalue weighted by Gasteiger charge is 2.20. The second-order valence-electron chi connectivity index (χ2n) is 5.46. The van der Waals surface area contributed by atoms with Gasteiger partial charge in [0.25, 0.3) is 5.91 Å². The van der Waals surface area contributed by atoms with Gasteiger partial charge in [0, 0.05) is 12.0 Å². The van der Waals surface area contributed by atoms with Gasteiger partial charge in [-0.1, -0.05) is 54.4 Å². The SMILES string of the molecule is CCc1nc(C(=O)NNC(=O)c2ccccc2)nn1-c1c(Cl)cccc1Cl. The van der Waals surface area contributed by atoms with Crippen LogP contribution < -0.4 is 10.9 Å². The summed E-state index contributed by atoms with van der Waals surface area (Å²) in [5.74, 6) is -0.718. The molecule has 138 valence electrons. The zero-order valence-corrected chi connectivity index (χ0v) is 15.8. The summed E-state index contributed by atoms with van der Waals surface area (Å²) in [6.45, 7) is 1.87. The summed E-state index contributed by atoms with van der Waals surface area (Å²) in [5.41, 5.74) is 5.48. The number of hydrogen-bond donors (Lipinski definition) is 2.